The minimum absolute atomic E-state index is 0.118. The van der Waals surface area contributed by atoms with Gasteiger partial charge in [-0.05, 0) is 31.5 Å². The Balaban J connectivity index is 1.37. The van der Waals surface area contributed by atoms with Gasteiger partial charge in [0.15, 0.2) is 11.5 Å². The average Bonchev–Trinajstić information content (AvgIpc) is 3.33. The Morgan fingerprint density at radius 1 is 1.10 bits per heavy atom. The number of nitrogens with zero attached hydrogens (tertiary/aromatic N) is 2. The van der Waals surface area contributed by atoms with E-state index in [2.05, 4.69) is 10.3 Å². The molecular weight excluding hydrogens is 414 g/mol. The summed E-state index contributed by atoms with van der Waals surface area (Å²) >= 11 is 1.49. The quantitative estimate of drug-likeness (QED) is 0.630. The number of thiazole rings is 1. The van der Waals surface area contributed by atoms with Crippen molar-refractivity contribution in [3.8, 4) is 22.1 Å². The minimum Gasteiger partial charge on any atom is -0.486 e. The zero-order chi connectivity index (χ0) is 21.6. The van der Waals surface area contributed by atoms with E-state index in [4.69, 9.17) is 9.47 Å². The van der Waals surface area contributed by atoms with Crippen molar-refractivity contribution in [2.45, 2.75) is 25.9 Å². The maximum Gasteiger partial charge on any atom is 0.325 e. The van der Waals surface area contributed by atoms with E-state index in [1.165, 1.54) is 21.8 Å². The van der Waals surface area contributed by atoms with Crippen LogP contribution in [0.3, 0.4) is 0 Å². The van der Waals surface area contributed by atoms with E-state index in [1.54, 1.807) is 25.1 Å². The first-order valence-corrected chi connectivity index (χ1v) is 10.9. The van der Waals surface area contributed by atoms with Gasteiger partial charge in [0.1, 0.15) is 23.8 Å². The molecule has 0 radical (unpaired) electrons. The molecule has 2 aliphatic heterocycles. The molecule has 0 aliphatic carbocycles. The number of aromatic nitrogens is 1. The molecule has 0 unspecified atom stereocenters. The largest absolute Gasteiger partial charge is 0.486 e. The molecule has 1 fully saturated rings. The minimum atomic E-state index is -1.18. The predicted octanol–water partition coefficient (Wildman–Crippen LogP) is 3.86. The molecule has 31 heavy (non-hydrogen) atoms. The molecule has 8 heteroatoms. The van der Waals surface area contributed by atoms with E-state index in [0.717, 1.165) is 10.6 Å². The van der Waals surface area contributed by atoms with Gasteiger partial charge < -0.3 is 14.8 Å². The fraction of sp³-hybridized carbons (Fsp3) is 0.261. The van der Waals surface area contributed by atoms with E-state index < -0.39 is 11.6 Å². The first kappa shape index (κ1) is 19.6. The van der Waals surface area contributed by atoms with Gasteiger partial charge in [-0.2, -0.15) is 0 Å². The van der Waals surface area contributed by atoms with Crippen LogP contribution < -0.4 is 14.8 Å². The standard InChI is InChI=1S/C23H21N3O4S/c1-14-3-5-15(6-4-14)20-24-17(13-31-20)12-26-21(27)23(2,25-22(26)28)16-7-8-18-19(11-16)30-10-9-29-18/h3-8,11,13H,9-10,12H2,1-2H3,(H,25,28)/t23-/m1/s1. The van der Waals surface area contributed by atoms with Crippen LogP contribution in [0.1, 0.15) is 23.7 Å². The van der Waals surface area contributed by atoms with Gasteiger partial charge in [-0.1, -0.05) is 35.9 Å². The Hall–Kier alpha value is -3.39. The van der Waals surface area contributed by atoms with E-state index in [-0.39, 0.29) is 12.5 Å². The van der Waals surface area contributed by atoms with Gasteiger partial charge in [0.05, 0.1) is 12.2 Å². The molecule has 1 N–H and O–H groups in total. The second-order valence-electron chi connectivity index (χ2n) is 7.81. The smallest absolute Gasteiger partial charge is 0.325 e. The second-order valence-corrected chi connectivity index (χ2v) is 8.67. The van der Waals surface area contributed by atoms with Crippen LogP contribution in [0.5, 0.6) is 11.5 Å². The molecule has 1 atom stereocenters. The van der Waals surface area contributed by atoms with Crippen LogP contribution in [-0.2, 0) is 16.9 Å². The summed E-state index contributed by atoms with van der Waals surface area (Å²) < 4.78 is 11.2. The molecule has 7 nitrogen and oxygen atoms in total. The third-order valence-electron chi connectivity index (χ3n) is 5.56. The molecular formula is C23H21N3O4S. The van der Waals surface area contributed by atoms with Crippen LogP contribution >= 0.6 is 11.3 Å². The third-order valence-corrected chi connectivity index (χ3v) is 6.51. The van der Waals surface area contributed by atoms with Crippen LogP contribution in [0.2, 0.25) is 0 Å². The monoisotopic (exact) mass is 435 g/mol. The third kappa shape index (κ3) is 3.42. The number of rotatable bonds is 4. The van der Waals surface area contributed by atoms with Crippen molar-refractivity contribution in [2.24, 2.45) is 0 Å². The Morgan fingerprint density at radius 2 is 1.84 bits per heavy atom. The van der Waals surface area contributed by atoms with Gasteiger partial charge in [-0.3, -0.25) is 9.69 Å². The van der Waals surface area contributed by atoms with E-state index in [9.17, 15) is 9.59 Å². The molecule has 3 heterocycles. The molecule has 2 aromatic carbocycles. The van der Waals surface area contributed by atoms with E-state index >= 15 is 0 Å². The number of hydrogen-bond acceptors (Lipinski definition) is 6. The average molecular weight is 436 g/mol. The lowest BCUT2D eigenvalue weighted by Crippen LogP contribution is -2.41. The number of urea groups is 1. The number of imide groups is 1. The van der Waals surface area contributed by atoms with Crippen molar-refractivity contribution in [3.05, 3.63) is 64.7 Å². The van der Waals surface area contributed by atoms with Crippen LogP contribution in [0.4, 0.5) is 4.79 Å². The number of benzene rings is 2. The number of amides is 3. The number of ether oxygens (including phenoxy) is 2. The van der Waals surface area contributed by atoms with Gasteiger partial charge in [0, 0.05) is 10.9 Å². The van der Waals surface area contributed by atoms with Gasteiger partial charge in [-0.15, -0.1) is 11.3 Å². The molecule has 2 aliphatic rings. The molecule has 1 aromatic heterocycles. The zero-order valence-electron chi connectivity index (χ0n) is 17.2. The summed E-state index contributed by atoms with van der Waals surface area (Å²) in [5.41, 5.74) is 2.34. The van der Waals surface area contributed by atoms with Crippen molar-refractivity contribution in [1.29, 1.82) is 0 Å². The summed E-state index contributed by atoms with van der Waals surface area (Å²) in [5, 5.41) is 5.58. The molecule has 0 saturated carbocycles. The van der Waals surface area contributed by atoms with Crippen molar-refractivity contribution in [2.75, 3.05) is 13.2 Å². The highest BCUT2D eigenvalue weighted by molar-refractivity contribution is 7.13. The highest BCUT2D eigenvalue weighted by Gasteiger charge is 2.49. The second kappa shape index (κ2) is 7.39. The van der Waals surface area contributed by atoms with Gasteiger partial charge in [-0.25, -0.2) is 9.78 Å². The Bertz CT molecular complexity index is 1170. The maximum absolute atomic E-state index is 13.3. The highest BCUT2D eigenvalue weighted by atomic mass is 32.1. The molecule has 0 spiro atoms. The van der Waals surface area contributed by atoms with Gasteiger partial charge >= 0.3 is 6.03 Å². The van der Waals surface area contributed by atoms with E-state index in [1.807, 2.05) is 36.6 Å². The van der Waals surface area contributed by atoms with Crippen LogP contribution in [0.25, 0.3) is 10.6 Å². The van der Waals surface area contributed by atoms with Crippen LogP contribution in [-0.4, -0.2) is 35.0 Å². The summed E-state index contributed by atoms with van der Waals surface area (Å²) in [7, 11) is 0. The summed E-state index contributed by atoms with van der Waals surface area (Å²) in [6.07, 6.45) is 0. The van der Waals surface area contributed by atoms with Crippen LogP contribution in [0, 0.1) is 6.92 Å². The highest BCUT2D eigenvalue weighted by Crippen LogP contribution is 2.37. The number of hydrogen-bond donors (Lipinski definition) is 1. The lowest BCUT2D eigenvalue weighted by Gasteiger charge is -2.25. The van der Waals surface area contributed by atoms with Crippen molar-refractivity contribution >= 4 is 23.3 Å². The first-order chi connectivity index (χ1) is 14.9. The predicted molar refractivity (Wildman–Crippen MR) is 116 cm³/mol. The fourth-order valence-corrected chi connectivity index (χ4v) is 4.58. The van der Waals surface area contributed by atoms with Gasteiger partial charge in [0.25, 0.3) is 5.91 Å². The van der Waals surface area contributed by atoms with Gasteiger partial charge in [0.2, 0.25) is 0 Å². The van der Waals surface area contributed by atoms with Crippen molar-refractivity contribution in [1.82, 2.24) is 15.2 Å². The zero-order valence-corrected chi connectivity index (χ0v) is 18.0. The molecule has 158 valence electrons. The van der Waals surface area contributed by atoms with Crippen LogP contribution in [0.15, 0.2) is 47.8 Å². The molecule has 1 saturated heterocycles. The summed E-state index contributed by atoms with van der Waals surface area (Å²) in [6, 6.07) is 13.0. The number of carbonyl (C=O) groups excluding carboxylic acids is 2. The summed E-state index contributed by atoms with van der Waals surface area (Å²) in [6.45, 7) is 4.80. The Labute approximate surface area is 183 Å². The fourth-order valence-electron chi connectivity index (χ4n) is 3.76. The molecule has 3 aromatic rings. The number of aryl methyl sites for hydroxylation is 1. The summed E-state index contributed by atoms with van der Waals surface area (Å²) in [5.74, 6) is 0.894. The lowest BCUT2D eigenvalue weighted by molar-refractivity contribution is -0.131. The number of carbonyl (C=O) groups is 2. The Kier molecular flexibility index (Phi) is 4.66. The normalized spacial score (nSPS) is 20.1. The number of nitrogens with one attached hydrogen (secondary N) is 1. The molecule has 0 bridgehead atoms. The summed E-state index contributed by atoms with van der Waals surface area (Å²) in [4.78, 5) is 31.8. The molecule has 3 amide bonds. The SMILES string of the molecule is Cc1ccc(-c2nc(CN3C(=O)N[C@](C)(c4ccc5c(c4)OCCO5)C3=O)cs2)cc1. The van der Waals surface area contributed by atoms with Crippen molar-refractivity contribution < 1.29 is 19.1 Å². The topological polar surface area (TPSA) is 80.8 Å². The van der Waals surface area contributed by atoms with E-state index in [0.29, 0.717) is 36.0 Å². The first-order valence-electron chi connectivity index (χ1n) is 10.00. The molecule has 5 rings (SSSR count). The number of fused-ring (bicyclic) bond motifs is 1. The lowest BCUT2D eigenvalue weighted by atomic mass is 9.91. The Morgan fingerprint density at radius 3 is 2.61 bits per heavy atom. The van der Waals surface area contributed by atoms with Crippen molar-refractivity contribution in [3.63, 3.8) is 0 Å². The maximum atomic E-state index is 13.3.